The standard InChI is InChI=1S/C15H10ClFN2OS2/c16-10-3-1-4-11(17)9(10)7-14(20)19-15-18-12(8-22-15)13-5-2-6-21-13/h1-6,8H,7H2,(H,18,19,20). The van der Waals surface area contributed by atoms with Crippen LogP contribution in [0.4, 0.5) is 9.52 Å². The first-order valence-electron chi connectivity index (χ1n) is 6.35. The van der Waals surface area contributed by atoms with E-state index in [2.05, 4.69) is 10.3 Å². The molecule has 0 fully saturated rings. The number of rotatable bonds is 4. The van der Waals surface area contributed by atoms with Gasteiger partial charge in [-0.3, -0.25) is 4.79 Å². The number of anilines is 1. The van der Waals surface area contributed by atoms with Crippen LogP contribution in [0, 0.1) is 5.82 Å². The van der Waals surface area contributed by atoms with Crippen molar-refractivity contribution in [1.82, 2.24) is 4.98 Å². The molecule has 3 nitrogen and oxygen atoms in total. The van der Waals surface area contributed by atoms with Crippen LogP contribution in [0.25, 0.3) is 10.6 Å². The zero-order chi connectivity index (χ0) is 15.5. The summed E-state index contributed by atoms with van der Waals surface area (Å²) in [5.74, 6) is -0.833. The number of nitrogens with one attached hydrogen (secondary N) is 1. The van der Waals surface area contributed by atoms with Crippen molar-refractivity contribution in [3.05, 3.63) is 57.5 Å². The summed E-state index contributed by atoms with van der Waals surface area (Å²) in [7, 11) is 0. The number of halogens is 2. The second-order valence-electron chi connectivity index (χ2n) is 4.44. The second-order valence-corrected chi connectivity index (χ2v) is 6.65. The molecule has 0 bridgehead atoms. The van der Waals surface area contributed by atoms with Gasteiger partial charge in [0.25, 0.3) is 0 Å². The minimum Gasteiger partial charge on any atom is -0.302 e. The van der Waals surface area contributed by atoms with Crippen LogP contribution in [0.1, 0.15) is 5.56 Å². The fourth-order valence-electron chi connectivity index (χ4n) is 1.89. The molecule has 2 heterocycles. The van der Waals surface area contributed by atoms with Crippen molar-refractivity contribution in [3.63, 3.8) is 0 Å². The Morgan fingerprint density at radius 1 is 1.27 bits per heavy atom. The van der Waals surface area contributed by atoms with Crippen molar-refractivity contribution >= 4 is 45.3 Å². The van der Waals surface area contributed by atoms with Gasteiger partial charge in [0.05, 0.1) is 17.0 Å². The van der Waals surface area contributed by atoms with E-state index in [0.717, 1.165) is 10.6 Å². The van der Waals surface area contributed by atoms with Gasteiger partial charge in [0, 0.05) is 16.0 Å². The maximum Gasteiger partial charge on any atom is 0.230 e. The molecule has 3 aromatic rings. The number of carbonyl (C=O) groups excluding carboxylic acids is 1. The van der Waals surface area contributed by atoms with Crippen LogP contribution in [0.2, 0.25) is 5.02 Å². The van der Waals surface area contributed by atoms with Crippen LogP contribution in [-0.4, -0.2) is 10.9 Å². The molecule has 0 spiro atoms. The molecular weight excluding hydrogens is 343 g/mol. The third kappa shape index (κ3) is 3.35. The van der Waals surface area contributed by atoms with Crippen molar-refractivity contribution in [2.24, 2.45) is 0 Å². The number of aromatic nitrogens is 1. The summed E-state index contributed by atoms with van der Waals surface area (Å²) in [4.78, 5) is 17.4. The molecule has 112 valence electrons. The molecule has 0 aliphatic rings. The quantitative estimate of drug-likeness (QED) is 0.729. The van der Waals surface area contributed by atoms with Gasteiger partial charge >= 0.3 is 0 Å². The molecular formula is C15H10ClFN2OS2. The molecule has 0 saturated carbocycles. The maximum atomic E-state index is 13.7. The van der Waals surface area contributed by atoms with Gasteiger partial charge < -0.3 is 5.32 Å². The molecule has 0 atom stereocenters. The molecule has 1 aromatic carbocycles. The van der Waals surface area contributed by atoms with Crippen LogP contribution in [-0.2, 0) is 11.2 Å². The summed E-state index contributed by atoms with van der Waals surface area (Å²) < 4.78 is 13.7. The molecule has 0 aliphatic heterocycles. The largest absolute Gasteiger partial charge is 0.302 e. The zero-order valence-electron chi connectivity index (χ0n) is 11.2. The topological polar surface area (TPSA) is 42.0 Å². The number of amides is 1. The predicted octanol–water partition coefficient (Wildman–Crippen LogP) is 4.85. The number of carbonyl (C=O) groups is 1. The van der Waals surface area contributed by atoms with E-state index in [1.54, 1.807) is 17.4 Å². The van der Waals surface area contributed by atoms with Crippen LogP contribution in [0.5, 0.6) is 0 Å². The van der Waals surface area contributed by atoms with E-state index in [1.807, 2.05) is 22.9 Å². The van der Waals surface area contributed by atoms with Gasteiger partial charge in [-0.15, -0.1) is 22.7 Å². The summed E-state index contributed by atoms with van der Waals surface area (Å²) >= 11 is 8.83. The fourth-order valence-corrected chi connectivity index (χ4v) is 3.61. The van der Waals surface area contributed by atoms with Gasteiger partial charge in [-0.05, 0) is 23.6 Å². The average Bonchev–Trinajstić information content (AvgIpc) is 3.13. The molecule has 22 heavy (non-hydrogen) atoms. The molecule has 0 saturated heterocycles. The van der Waals surface area contributed by atoms with Gasteiger partial charge in [0.1, 0.15) is 5.82 Å². The molecule has 2 aromatic heterocycles. The van der Waals surface area contributed by atoms with E-state index < -0.39 is 5.82 Å². The Morgan fingerprint density at radius 2 is 2.14 bits per heavy atom. The Kier molecular flexibility index (Phi) is 4.52. The normalized spacial score (nSPS) is 10.6. The summed E-state index contributed by atoms with van der Waals surface area (Å²) in [6.07, 6.45) is -0.126. The van der Waals surface area contributed by atoms with Gasteiger partial charge in [-0.2, -0.15) is 0 Å². The highest BCUT2D eigenvalue weighted by Gasteiger charge is 2.13. The van der Waals surface area contributed by atoms with Crippen molar-refractivity contribution in [3.8, 4) is 10.6 Å². The Bertz CT molecular complexity index is 781. The van der Waals surface area contributed by atoms with Crippen LogP contribution >= 0.6 is 34.3 Å². The SMILES string of the molecule is O=C(Cc1c(F)cccc1Cl)Nc1nc(-c2cccs2)cs1. The number of hydrogen-bond acceptors (Lipinski definition) is 4. The van der Waals surface area contributed by atoms with Crippen molar-refractivity contribution < 1.29 is 9.18 Å². The minimum absolute atomic E-state index is 0.126. The van der Waals surface area contributed by atoms with E-state index >= 15 is 0 Å². The highest BCUT2D eigenvalue weighted by molar-refractivity contribution is 7.16. The number of nitrogens with zero attached hydrogens (tertiary/aromatic N) is 1. The monoisotopic (exact) mass is 352 g/mol. The lowest BCUT2D eigenvalue weighted by Crippen LogP contribution is -2.15. The molecule has 1 amide bonds. The lowest BCUT2D eigenvalue weighted by Gasteiger charge is -2.05. The van der Waals surface area contributed by atoms with E-state index in [1.165, 1.54) is 23.5 Å². The lowest BCUT2D eigenvalue weighted by atomic mass is 10.1. The van der Waals surface area contributed by atoms with Crippen LogP contribution < -0.4 is 5.32 Å². The third-order valence-electron chi connectivity index (χ3n) is 2.92. The minimum atomic E-state index is -0.485. The van der Waals surface area contributed by atoms with Gasteiger partial charge in [0.2, 0.25) is 5.91 Å². The lowest BCUT2D eigenvalue weighted by molar-refractivity contribution is -0.115. The molecule has 0 unspecified atom stereocenters. The Balaban J connectivity index is 1.70. The average molecular weight is 353 g/mol. The van der Waals surface area contributed by atoms with Crippen molar-refractivity contribution in [2.75, 3.05) is 5.32 Å². The smallest absolute Gasteiger partial charge is 0.230 e. The van der Waals surface area contributed by atoms with Gasteiger partial charge in [-0.25, -0.2) is 9.37 Å². The Hall–Kier alpha value is -1.76. The molecule has 1 N–H and O–H groups in total. The summed E-state index contributed by atoms with van der Waals surface area (Å²) in [6, 6.07) is 8.26. The van der Waals surface area contributed by atoms with Crippen LogP contribution in [0.15, 0.2) is 41.1 Å². The first-order chi connectivity index (χ1) is 10.6. The highest BCUT2D eigenvalue weighted by atomic mass is 35.5. The number of thiophene rings is 1. The van der Waals surface area contributed by atoms with Crippen molar-refractivity contribution in [1.29, 1.82) is 0 Å². The number of hydrogen-bond donors (Lipinski definition) is 1. The second kappa shape index (κ2) is 6.56. The van der Waals surface area contributed by atoms with Crippen LogP contribution in [0.3, 0.4) is 0 Å². The fraction of sp³-hybridized carbons (Fsp3) is 0.0667. The molecule has 0 aliphatic carbocycles. The van der Waals surface area contributed by atoms with E-state index in [-0.39, 0.29) is 22.9 Å². The third-order valence-corrected chi connectivity index (χ3v) is 4.93. The predicted molar refractivity (Wildman–Crippen MR) is 89.2 cm³/mol. The highest BCUT2D eigenvalue weighted by Crippen LogP contribution is 2.28. The molecule has 0 radical (unpaired) electrons. The number of thiazole rings is 1. The first kappa shape index (κ1) is 15.1. The maximum absolute atomic E-state index is 13.7. The number of benzene rings is 1. The zero-order valence-corrected chi connectivity index (χ0v) is 13.6. The van der Waals surface area contributed by atoms with Gasteiger partial charge in [0.15, 0.2) is 5.13 Å². The Labute approximate surface area is 139 Å². The van der Waals surface area contributed by atoms with E-state index in [0.29, 0.717) is 5.13 Å². The first-order valence-corrected chi connectivity index (χ1v) is 8.49. The summed E-state index contributed by atoms with van der Waals surface area (Å²) in [5.41, 5.74) is 1.01. The summed E-state index contributed by atoms with van der Waals surface area (Å²) in [6.45, 7) is 0. The van der Waals surface area contributed by atoms with E-state index in [9.17, 15) is 9.18 Å². The Morgan fingerprint density at radius 3 is 2.86 bits per heavy atom. The molecule has 3 rings (SSSR count). The van der Waals surface area contributed by atoms with E-state index in [4.69, 9.17) is 11.6 Å². The molecule has 7 heteroatoms. The van der Waals surface area contributed by atoms with Crippen molar-refractivity contribution in [2.45, 2.75) is 6.42 Å². The summed E-state index contributed by atoms with van der Waals surface area (Å²) in [5, 5.41) is 7.24. The van der Waals surface area contributed by atoms with Gasteiger partial charge in [-0.1, -0.05) is 23.7 Å².